The van der Waals surface area contributed by atoms with E-state index in [-0.39, 0.29) is 24.2 Å². The zero-order valence-corrected chi connectivity index (χ0v) is 16.5. The molecule has 2 aliphatic rings. The van der Waals surface area contributed by atoms with Crippen molar-refractivity contribution in [2.75, 3.05) is 13.2 Å². The van der Waals surface area contributed by atoms with Gasteiger partial charge in [-0.25, -0.2) is 4.79 Å². The van der Waals surface area contributed by atoms with Crippen LogP contribution in [0.25, 0.3) is 11.1 Å². The topological polar surface area (TPSA) is 76.0 Å². The van der Waals surface area contributed by atoms with E-state index in [2.05, 4.69) is 42.5 Å². The molecule has 1 aliphatic carbocycles. The number of allylic oxidation sites excluding steroid dienone is 1. The first kappa shape index (κ1) is 19.7. The zero-order chi connectivity index (χ0) is 20.4. The Hall–Kier alpha value is -2.63. The zero-order valence-electron chi connectivity index (χ0n) is 16.5. The Morgan fingerprint density at radius 1 is 1.17 bits per heavy atom. The summed E-state index contributed by atoms with van der Waals surface area (Å²) in [5.41, 5.74) is 6.15. The molecule has 0 unspecified atom stereocenters. The van der Waals surface area contributed by atoms with Gasteiger partial charge in [0.05, 0.1) is 0 Å². The fourth-order valence-electron chi connectivity index (χ4n) is 4.51. The summed E-state index contributed by atoms with van der Waals surface area (Å²) in [6.45, 7) is 2.38. The van der Waals surface area contributed by atoms with Gasteiger partial charge in [-0.1, -0.05) is 42.5 Å². The van der Waals surface area contributed by atoms with Gasteiger partial charge in [0.25, 0.3) is 0 Å². The Labute approximate surface area is 170 Å². The molecule has 0 fully saturated rings. The van der Waals surface area contributed by atoms with Crippen LogP contribution in [0, 0.1) is 5.92 Å². The van der Waals surface area contributed by atoms with Gasteiger partial charge in [0.1, 0.15) is 0 Å². The third-order valence-corrected chi connectivity index (χ3v) is 5.82. The molecule has 2 N–H and O–H groups in total. The predicted octanol–water partition coefficient (Wildman–Crippen LogP) is 4.09. The molecule has 1 heterocycles. The number of benzene rings is 2. The van der Waals surface area contributed by atoms with Gasteiger partial charge < -0.3 is 19.7 Å². The van der Waals surface area contributed by atoms with E-state index in [0.29, 0.717) is 19.4 Å². The first-order valence-corrected chi connectivity index (χ1v) is 10.2. The monoisotopic (exact) mass is 394 g/mol. The summed E-state index contributed by atoms with van der Waals surface area (Å²) < 4.78 is 11.4. The van der Waals surface area contributed by atoms with Gasteiger partial charge in [0.2, 0.25) is 12.0 Å². The van der Waals surface area contributed by atoms with Crippen molar-refractivity contribution in [3.8, 4) is 11.1 Å². The third-order valence-electron chi connectivity index (χ3n) is 5.82. The van der Waals surface area contributed by atoms with Gasteiger partial charge in [0.15, 0.2) is 0 Å². The molecule has 152 valence electrons. The lowest BCUT2D eigenvalue weighted by Crippen LogP contribution is -2.36. The average molecular weight is 394 g/mol. The highest BCUT2D eigenvalue weighted by Crippen LogP contribution is 2.43. The van der Waals surface area contributed by atoms with Gasteiger partial charge in [-0.05, 0) is 60.1 Å². The lowest BCUT2D eigenvalue weighted by atomic mass is 9.80. The van der Waals surface area contributed by atoms with Crippen LogP contribution < -0.4 is 0 Å². The fourth-order valence-corrected chi connectivity index (χ4v) is 4.51. The second-order valence-electron chi connectivity index (χ2n) is 7.58. The van der Waals surface area contributed by atoms with Crippen molar-refractivity contribution < 1.29 is 24.5 Å². The summed E-state index contributed by atoms with van der Waals surface area (Å²) in [5, 5.41) is 18.9. The molecule has 0 saturated heterocycles. The molecular weight excluding hydrogens is 368 g/mol. The van der Waals surface area contributed by atoms with E-state index < -0.39 is 12.3 Å². The van der Waals surface area contributed by atoms with Crippen molar-refractivity contribution in [2.24, 2.45) is 5.92 Å². The summed E-state index contributed by atoms with van der Waals surface area (Å²) in [6.07, 6.45) is 3.24. The van der Waals surface area contributed by atoms with Gasteiger partial charge in [-0.15, -0.1) is 0 Å². The second kappa shape index (κ2) is 8.39. The number of hydrogen-bond donors (Lipinski definition) is 2. The van der Waals surface area contributed by atoms with Crippen LogP contribution in [-0.4, -0.2) is 35.7 Å². The van der Waals surface area contributed by atoms with E-state index in [1.807, 2.05) is 6.92 Å². The first-order chi connectivity index (χ1) is 14.1. The maximum Gasteiger partial charge on any atom is 0.370 e. The van der Waals surface area contributed by atoms with E-state index in [1.165, 1.54) is 22.3 Å². The maximum absolute atomic E-state index is 11.6. The molecule has 0 saturated carbocycles. The molecule has 3 atom stereocenters. The standard InChI is InChI=1S/C24H26O5/c1-2-28-24-20(8-5-11-25)21(14-22(29-24)23(26)27)16-9-10-19-17(13-16)12-15-6-3-4-7-18(15)19/h3-4,6-7,9-10,13-14,20-21,24-25H,2,5,8,11-12H2,1H3,(H,26,27)/t20-,21+,24+/m1/s1. The summed E-state index contributed by atoms with van der Waals surface area (Å²) in [5.74, 6) is -1.37. The van der Waals surface area contributed by atoms with Gasteiger partial charge >= 0.3 is 5.97 Å². The number of ether oxygens (including phenoxy) is 2. The summed E-state index contributed by atoms with van der Waals surface area (Å²) in [4.78, 5) is 11.6. The molecule has 0 bridgehead atoms. The average Bonchev–Trinajstić information content (AvgIpc) is 3.10. The lowest BCUT2D eigenvalue weighted by Gasteiger charge is -2.36. The van der Waals surface area contributed by atoms with E-state index in [4.69, 9.17) is 9.47 Å². The molecule has 0 radical (unpaired) electrons. The molecular formula is C24H26O5. The number of fused-ring (bicyclic) bond motifs is 3. The molecule has 0 amide bonds. The number of carboxylic acid groups (broad SMARTS) is 1. The highest BCUT2D eigenvalue weighted by Gasteiger charge is 2.38. The molecule has 0 aromatic heterocycles. The Morgan fingerprint density at radius 3 is 2.72 bits per heavy atom. The Kier molecular flexibility index (Phi) is 5.69. The molecule has 5 nitrogen and oxygen atoms in total. The molecule has 4 rings (SSSR count). The lowest BCUT2D eigenvalue weighted by molar-refractivity contribution is -0.173. The van der Waals surface area contributed by atoms with Crippen molar-refractivity contribution in [3.05, 3.63) is 71.0 Å². The van der Waals surface area contributed by atoms with Crippen molar-refractivity contribution in [1.29, 1.82) is 0 Å². The first-order valence-electron chi connectivity index (χ1n) is 10.2. The van der Waals surface area contributed by atoms with Crippen LogP contribution in [0.15, 0.2) is 54.3 Å². The van der Waals surface area contributed by atoms with Crippen LogP contribution >= 0.6 is 0 Å². The van der Waals surface area contributed by atoms with E-state index in [0.717, 1.165) is 12.0 Å². The number of aliphatic hydroxyl groups is 1. The molecule has 2 aromatic carbocycles. The van der Waals surface area contributed by atoms with Crippen molar-refractivity contribution in [2.45, 2.75) is 38.4 Å². The second-order valence-corrected chi connectivity index (χ2v) is 7.58. The van der Waals surface area contributed by atoms with E-state index in [1.54, 1.807) is 6.08 Å². The molecule has 29 heavy (non-hydrogen) atoms. The minimum absolute atomic E-state index is 0.0629. The number of aliphatic hydroxyl groups excluding tert-OH is 1. The SMILES string of the molecule is CCO[C@H]1OC(C(=O)O)=C[C@@H](c2ccc3c(c2)Cc2ccccc2-3)[C@H]1CCCO. The Balaban J connectivity index is 1.72. The summed E-state index contributed by atoms with van der Waals surface area (Å²) in [6, 6.07) is 14.8. The number of carboxylic acids is 1. The minimum atomic E-state index is -1.09. The van der Waals surface area contributed by atoms with Gasteiger partial charge in [-0.3, -0.25) is 0 Å². The van der Waals surface area contributed by atoms with Crippen molar-refractivity contribution in [3.63, 3.8) is 0 Å². The smallest absolute Gasteiger partial charge is 0.370 e. The number of carbonyl (C=O) groups is 1. The van der Waals surface area contributed by atoms with Crippen LogP contribution in [0.5, 0.6) is 0 Å². The largest absolute Gasteiger partial charge is 0.475 e. The summed E-state index contributed by atoms with van der Waals surface area (Å²) in [7, 11) is 0. The highest BCUT2D eigenvalue weighted by molar-refractivity contribution is 5.84. The Morgan fingerprint density at radius 2 is 1.97 bits per heavy atom. The van der Waals surface area contributed by atoms with Crippen LogP contribution in [0.3, 0.4) is 0 Å². The fraction of sp³-hybridized carbons (Fsp3) is 0.375. The maximum atomic E-state index is 11.6. The van der Waals surface area contributed by atoms with Crippen LogP contribution in [0.2, 0.25) is 0 Å². The van der Waals surface area contributed by atoms with E-state index in [9.17, 15) is 15.0 Å². The summed E-state index contributed by atoms with van der Waals surface area (Å²) >= 11 is 0. The van der Waals surface area contributed by atoms with Crippen molar-refractivity contribution in [1.82, 2.24) is 0 Å². The van der Waals surface area contributed by atoms with Gasteiger partial charge in [-0.2, -0.15) is 0 Å². The van der Waals surface area contributed by atoms with Crippen molar-refractivity contribution >= 4 is 5.97 Å². The predicted molar refractivity (Wildman–Crippen MR) is 109 cm³/mol. The molecule has 1 aliphatic heterocycles. The van der Waals surface area contributed by atoms with Crippen LogP contribution in [-0.2, 0) is 20.7 Å². The van der Waals surface area contributed by atoms with Gasteiger partial charge in [0, 0.05) is 25.0 Å². The molecule has 0 spiro atoms. The number of aliphatic carboxylic acids is 1. The quantitative estimate of drug-likeness (QED) is 0.631. The molecule has 5 heteroatoms. The Bertz CT molecular complexity index is 933. The highest BCUT2D eigenvalue weighted by atomic mass is 16.7. The van der Waals surface area contributed by atoms with E-state index >= 15 is 0 Å². The number of rotatable bonds is 7. The minimum Gasteiger partial charge on any atom is -0.475 e. The third kappa shape index (κ3) is 3.80. The molecule has 2 aromatic rings. The normalized spacial score (nSPS) is 22.4. The van der Waals surface area contributed by atoms with Crippen LogP contribution in [0.1, 0.15) is 42.4 Å². The number of hydrogen-bond acceptors (Lipinski definition) is 4. The van der Waals surface area contributed by atoms with Crippen LogP contribution in [0.4, 0.5) is 0 Å².